The van der Waals surface area contributed by atoms with Crippen molar-refractivity contribution in [3.8, 4) is 17.0 Å². The number of pyridine rings is 1. The van der Waals surface area contributed by atoms with E-state index in [1.54, 1.807) is 0 Å². The lowest BCUT2D eigenvalue weighted by molar-refractivity contribution is -0.274. The maximum Gasteiger partial charge on any atom is 0.573 e. The molecular formula is C22H30F3N5O2. The first-order valence-electron chi connectivity index (χ1n) is 11.0. The van der Waals surface area contributed by atoms with E-state index in [0.29, 0.717) is 23.2 Å². The van der Waals surface area contributed by atoms with E-state index in [4.69, 9.17) is 15.5 Å². The number of imidazole rings is 1. The second-order valence-electron chi connectivity index (χ2n) is 9.02. The topological polar surface area (TPSA) is 78.4 Å². The molecule has 2 aromatic heterocycles. The Morgan fingerprint density at radius 2 is 1.94 bits per heavy atom. The normalized spacial score (nSPS) is 24.9. The maximum atomic E-state index is 12.7. The van der Waals surface area contributed by atoms with E-state index in [1.807, 2.05) is 6.20 Å². The van der Waals surface area contributed by atoms with E-state index >= 15 is 0 Å². The zero-order valence-electron chi connectivity index (χ0n) is 18.6. The summed E-state index contributed by atoms with van der Waals surface area (Å²) in [6, 6.07) is 2.02. The summed E-state index contributed by atoms with van der Waals surface area (Å²) in [7, 11) is 0. The van der Waals surface area contributed by atoms with Crippen LogP contribution in [0.15, 0.2) is 18.5 Å². The molecule has 0 bridgehead atoms. The van der Waals surface area contributed by atoms with E-state index in [1.165, 1.54) is 12.3 Å². The number of hydrogen-bond donors (Lipinski definition) is 1. The Balaban J connectivity index is 1.63. The van der Waals surface area contributed by atoms with E-state index in [9.17, 15) is 13.2 Å². The molecule has 0 radical (unpaired) electrons. The fourth-order valence-electron chi connectivity index (χ4n) is 4.86. The molecule has 10 heteroatoms. The third kappa shape index (κ3) is 4.85. The summed E-state index contributed by atoms with van der Waals surface area (Å²) in [6.07, 6.45) is 0.638. The van der Waals surface area contributed by atoms with Crippen LogP contribution in [0.4, 0.5) is 19.0 Å². The molecule has 2 aromatic rings. The van der Waals surface area contributed by atoms with Gasteiger partial charge in [0, 0.05) is 49.0 Å². The number of nitrogens with zero attached hydrogens (tertiary/aromatic N) is 4. The predicted octanol–water partition coefficient (Wildman–Crippen LogP) is 4.22. The van der Waals surface area contributed by atoms with Crippen molar-refractivity contribution in [3.05, 3.63) is 24.3 Å². The number of rotatable bonds is 5. The smallest absolute Gasteiger partial charge is 0.402 e. The average Bonchev–Trinajstić information content (AvgIpc) is 3.33. The van der Waals surface area contributed by atoms with Crippen LogP contribution in [0.3, 0.4) is 0 Å². The molecule has 0 spiro atoms. The lowest BCUT2D eigenvalue weighted by Gasteiger charge is -2.32. The molecule has 2 N–H and O–H groups in total. The van der Waals surface area contributed by atoms with Gasteiger partial charge >= 0.3 is 6.36 Å². The van der Waals surface area contributed by atoms with Crippen LogP contribution in [0.2, 0.25) is 0 Å². The number of hydrogen-bond acceptors (Lipinski definition) is 6. The van der Waals surface area contributed by atoms with Gasteiger partial charge in [-0.1, -0.05) is 20.8 Å². The third-order valence-electron chi connectivity index (χ3n) is 6.41. The first-order chi connectivity index (χ1) is 15.1. The number of ether oxygens (including phenoxy) is 2. The van der Waals surface area contributed by atoms with Crippen LogP contribution in [-0.4, -0.2) is 58.1 Å². The second-order valence-corrected chi connectivity index (χ2v) is 9.02. The molecule has 3 atom stereocenters. The molecule has 0 amide bonds. The molecule has 32 heavy (non-hydrogen) atoms. The van der Waals surface area contributed by atoms with Crippen molar-refractivity contribution < 1.29 is 22.6 Å². The second kappa shape index (κ2) is 8.90. The molecule has 3 heterocycles. The lowest BCUT2D eigenvalue weighted by Crippen LogP contribution is -2.42. The Bertz CT molecular complexity index is 940. The van der Waals surface area contributed by atoms with E-state index in [0.717, 1.165) is 45.0 Å². The minimum Gasteiger partial charge on any atom is -0.402 e. The van der Waals surface area contributed by atoms with Gasteiger partial charge in [0.25, 0.3) is 0 Å². The van der Waals surface area contributed by atoms with Crippen LogP contribution in [0, 0.1) is 5.92 Å². The molecule has 1 saturated heterocycles. The molecule has 4 rings (SSSR count). The first kappa shape index (κ1) is 22.8. The van der Waals surface area contributed by atoms with Crippen LogP contribution in [0.1, 0.15) is 51.4 Å². The molecule has 176 valence electrons. The van der Waals surface area contributed by atoms with Gasteiger partial charge in [-0.2, -0.15) is 0 Å². The summed E-state index contributed by atoms with van der Waals surface area (Å²) < 4.78 is 49.9. The highest BCUT2D eigenvalue weighted by Gasteiger charge is 2.37. The summed E-state index contributed by atoms with van der Waals surface area (Å²) >= 11 is 0. The zero-order chi connectivity index (χ0) is 23.0. The van der Waals surface area contributed by atoms with Crippen molar-refractivity contribution in [2.45, 2.75) is 58.0 Å². The number of nitrogen functional groups attached to an aromatic ring is 1. The Kier molecular flexibility index (Phi) is 6.35. The Labute approximate surface area is 185 Å². The van der Waals surface area contributed by atoms with Gasteiger partial charge in [0.2, 0.25) is 0 Å². The molecule has 1 saturated carbocycles. The van der Waals surface area contributed by atoms with Crippen LogP contribution in [0.25, 0.3) is 11.3 Å². The Morgan fingerprint density at radius 3 is 2.59 bits per heavy atom. The Morgan fingerprint density at radius 1 is 1.22 bits per heavy atom. The maximum absolute atomic E-state index is 12.7. The number of alkyl halides is 3. The van der Waals surface area contributed by atoms with Gasteiger partial charge in [-0.15, -0.1) is 13.2 Å². The highest BCUT2D eigenvalue weighted by Crippen LogP contribution is 2.41. The van der Waals surface area contributed by atoms with Crippen LogP contribution >= 0.6 is 0 Å². The standard InChI is InChI=1S/C22H30F3N5O2/c1-13(2)21-28-17(15-9-19(20(26)27-11-15)32-22(23,24)25)12-30(21)18-10-16(8-14(18)3)29-4-6-31-7-5-29/h9,11-14,16,18H,4-8,10H2,1-3H3,(H2,26,27). The number of nitrogens with two attached hydrogens (primary N) is 1. The van der Waals surface area contributed by atoms with Gasteiger partial charge in [-0.05, 0) is 24.8 Å². The van der Waals surface area contributed by atoms with Crippen molar-refractivity contribution in [3.63, 3.8) is 0 Å². The van der Waals surface area contributed by atoms with Gasteiger partial charge in [0.1, 0.15) is 5.82 Å². The first-order valence-corrected chi connectivity index (χ1v) is 11.0. The molecule has 3 unspecified atom stereocenters. The summed E-state index contributed by atoms with van der Waals surface area (Å²) in [5, 5.41) is 0. The molecule has 2 aliphatic rings. The molecule has 7 nitrogen and oxygen atoms in total. The minimum absolute atomic E-state index is 0.158. The highest BCUT2D eigenvalue weighted by molar-refractivity contribution is 5.63. The number of morpholine rings is 1. The average molecular weight is 454 g/mol. The van der Waals surface area contributed by atoms with Crippen LogP contribution in [-0.2, 0) is 4.74 Å². The fourth-order valence-corrected chi connectivity index (χ4v) is 4.86. The van der Waals surface area contributed by atoms with Gasteiger partial charge in [-0.25, -0.2) is 9.97 Å². The number of anilines is 1. The van der Waals surface area contributed by atoms with Crippen LogP contribution in [0.5, 0.6) is 5.75 Å². The zero-order valence-corrected chi connectivity index (χ0v) is 18.6. The molecular weight excluding hydrogens is 423 g/mol. The fraction of sp³-hybridized carbons (Fsp3) is 0.636. The number of halogens is 3. The summed E-state index contributed by atoms with van der Waals surface area (Å²) in [5.41, 5.74) is 6.59. The van der Waals surface area contributed by atoms with Gasteiger partial charge in [-0.3, -0.25) is 4.90 Å². The van der Waals surface area contributed by atoms with Crippen molar-refractivity contribution >= 4 is 5.82 Å². The van der Waals surface area contributed by atoms with E-state index in [2.05, 4.69) is 40.0 Å². The van der Waals surface area contributed by atoms with Crippen molar-refractivity contribution in [2.75, 3.05) is 32.0 Å². The largest absolute Gasteiger partial charge is 0.573 e. The van der Waals surface area contributed by atoms with Crippen molar-refractivity contribution in [1.82, 2.24) is 19.4 Å². The van der Waals surface area contributed by atoms with Crippen molar-refractivity contribution in [2.24, 2.45) is 5.92 Å². The Hall–Kier alpha value is -2.33. The van der Waals surface area contributed by atoms with Crippen LogP contribution < -0.4 is 10.5 Å². The lowest BCUT2D eigenvalue weighted by atomic mass is 10.1. The van der Waals surface area contributed by atoms with E-state index in [-0.39, 0.29) is 17.8 Å². The van der Waals surface area contributed by atoms with Gasteiger partial charge < -0.3 is 19.8 Å². The number of aromatic nitrogens is 3. The molecule has 1 aliphatic heterocycles. The molecule has 1 aliphatic carbocycles. The molecule has 0 aromatic carbocycles. The quantitative estimate of drug-likeness (QED) is 0.730. The summed E-state index contributed by atoms with van der Waals surface area (Å²) in [4.78, 5) is 11.2. The summed E-state index contributed by atoms with van der Waals surface area (Å²) in [5.74, 6) is 0.696. The summed E-state index contributed by atoms with van der Waals surface area (Å²) in [6.45, 7) is 9.85. The van der Waals surface area contributed by atoms with Gasteiger partial charge in [0.05, 0.1) is 18.9 Å². The predicted molar refractivity (Wildman–Crippen MR) is 114 cm³/mol. The monoisotopic (exact) mass is 453 g/mol. The highest BCUT2D eigenvalue weighted by atomic mass is 19.4. The molecule has 2 fully saturated rings. The third-order valence-corrected chi connectivity index (χ3v) is 6.41. The van der Waals surface area contributed by atoms with Gasteiger partial charge in [0.15, 0.2) is 11.6 Å². The van der Waals surface area contributed by atoms with Crippen molar-refractivity contribution in [1.29, 1.82) is 0 Å². The van der Waals surface area contributed by atoms with E-state index < -0.39 is 12.1 Å². The minimum atomic E-state index is -4.84. The SMILES string of the molecule is CC(C)c1nc(-c2cnc(N)c(OC(F)(F)F)c2)cn1C1CC(N2CCOCC2)CC1C.